The molecule has 3 amide bonds. The van der Waals surface area contributed by atoms with Crippen molar-refractivity contribution in [3.63, 3.8) is 0 Å². The van der Waals surface area contributed by atoms with Crippen LogP contribution < -0.4 is 20.3 Å². The lowest BCUT2D eigenvalue weighted by molar-refractivity contribution is -0.118. The average molecular weight is 367 g/mol. The van der Waals surface area contributed by atoms with Crippen LogP contribution in [0.15, 0.2) is 42.5 Å². The van der Waals surface area contributed by atoms with Gasteiger partial charge in [-0.15, -0.1) is 0 Å². The second-order valence-corrected chi connectivity index (χ2v) is 6.38. The first-order valence-corrected chi connectivity index (χ1v) is 9.30. The van der Waals surface area contributed by atoms with Gasteiger partial charge < -0.3 is 20.3 Å². The van der Waals surface area contributed by atoms with Crippen molar-refractivity contribution in [1.82, 2.24) is 5.32 Å². The van der Waals surface area contributed by atoms with Gasteiger partial charge in [0.1, 0.15) is 5.75 Å². The lowest BCUT2D eigenvalue weighted by Crippen LogP contribution is -2.28. The van der Waals surface area contributed by atoms with Gasteiger partial charge in [0, 0.05) is 30.9 Å². The van der Waals surface area contributed by atoms with Crippen LogP contribution in [0.3, 0.4) is 0 Å². The van der Waals surface area contributed by atoms with Crippen LogP contribution in [0.4, 0.5) is 16.2 Å². The standard InChI is InChI=1S/C21H25N3O3/c1-3-20(25)24-12-11-16-13-15(5-10-19(16)24)14-22-21(26)23-17-6-8-18(9-7-17)27-4-2/h5-10,13H,3-4,11-12,14H2,1-2H3,(H2,22,23,26). The summed E-state index contributed by atoms with van der Waals surface area (Å²) in [4.78, 5) is 25.9. The molecule has 0 fully saturated rings. The Bertz CT molecular complexity index is 818. The molecule has 0 saturated heterocycles. The summed E-state index contributed by atoms with van der Waals surface area (Å²) in [6.07, 6.45) is 1.36. The number of fused-ring (bicyclic) bond motifs is 1. The molecule has 3 rings (SSSR count). The van der Waals surface area contributed by atoms with Crippen molar-refractivity contribution in [2.75, 3.05) is 23.4 Å². The van der Waals surface area contributed by atoms with Crippen molar-refractivity contribution in [2.45, 2.75) is 33.2 Å². The molecule has 0 bridgehead atoms. The predicted molar refractivity (Wildman–Crippen MR) is 106 cm³/mol. The van der Waals surface area contributed by atoms with E-state index >= 15 is 0 Å². The second kappa shape index (κ2) is 8.58. The lowest BCUT2D eigenvalue weighted by Gasteiger charge is -2.16. The zero-order valence-corrected chi connectivity index (χ0v) is 15.7. The summed E-state index contributed by atoms with van der Waals surface area (Å²) in [5.41, 5.74) is 3.87. The molecule has 2 aromatic rings. The number of rotatable bonds is 6. The van der Waals surface area contributed by atoms with Gasteiger partial charge >= 0.3 is 6.03 Å². The maximum absolute atomic E-state index is 12.1. The quantitative estimate of drug-likeness (QED) is 0.818. The fourth-order valence-electron chi connectivity index (χ4n) is 3.17. The van der Waals surface area contributed by atoms with Crippen molar-refractivity contribution in [2.24, 2.45) is 0 Å². The molecular formula is C21H25N3O3. The van der Waals surface area contributed by atoms with Gasteiger partial charge in [0.05, 0.1) is 6.61 Å². The monoisotopic (exact) mass is 367 g/mol. The summed E-state index contributed by atoms with van der Waals surface area (Å²) >= 11 is 0. The highest BCUT2D eigenvalue weighted by Gasteiger charge is 2.23. The molecule has 6 nitrogen and oxygen atoms in total. The van der Waals surface area contributed by atoms with Crippen LogP contribution in [0, 0.1) is 0 Å². The summed E-state index contributed by atoms with van der Waals surface area (Å²) in [7, 11) is 0. The molecule has 142 valence electrons. The summed E-state index contributed by atoms with van der Waals surface area (Å²) < 4.78 is 5.38. The smallest absolute Gasteiger partial charge is 0.319 e. The van der Waals surface area contributed by atoms with E-state index in [-0.39, 0.29) is 11.9 Å². The Morgan fingerprint density at radius 2 is 1.89 bits per heavy atom. The number of carbonyl (C=O) groups is 2. The molecule has 0 radical (unpaired) electrons. The molecule has 2 N–H and O–H groups in total. The van der Waals surface area contributed by atoms with E-state index in [1.165, 1.54) is 0 Å². The topological polar surface area (TPSA) is 70.7 Å². The zero-order chi connectivity index (χ0) is 19.2. The third-order valence-corrected chi connectivity index (χ3v) is 4.52. The van der Waals surface area contributed by atoms with Gasteiger partial charge in [0.2, 0.25) is 5.91 Å². The van der Waals surface area contributed by atoms with E-state index in [1.807, 2.05) is 43.0 Å². The van der Waals surface area contributed by atoms with Gasteiger partial charge in [-0.1, -0.05) is 19.1 Å². The van der Waals surface area contributed by atoms with Crippen LogP contribution in [0.25, 0.3) is 0 Å². The number of hydrogen-bond donors (Lipinski definition) is 2. The first-order valence-electron chi connectivity index (χ1n) is 9.30. The van der Waals surface area contributed by atoms with E-state index in [2.05, 4.69) is 16.7 Å². The number of benzene rings is 2. The Hall–Kier alpha value is -3.02. The van der Waals surface area contributed by atoms with Gasteiger partial charge in [-0.25, -0.2) is 4.79 Å². The first-order chi connectivity index (χ1) is 13.1. The Labute approximate surface area is 159 Å². The third kappa shape index (κ3) is 4.58. The molecule has 1 aliphatic heterocycles. The molecular weight excluding hydrogens is 342 g/mol. The van der Waals surface area contributed by atoms with Gasteiger partial charge in [-0.3, -0.25) is 4.79 Å². The summed E-state index contributed by atoms with van der Waals surface area (Å²) in [5, 5.41) is 5.67. The molecule has 1 aliphatic rings. The van der Waals surface area contributed by atoms with E-state index in [9.17, 15) is 9.59 Å². The van der Waals surface area contributed by atoms with Crippen molar-refractivity contribution in [3.05, 3.63) is 53.6 Å². The largest absolute Gasteiger partial charge is 0.494 e. The second-order valence-electron chi connectivity index (χ2n) is 6.38. The van der Waals surface area contributed by atoms with Crippen LogP contribution in [-0.4, -0.2) is 25.1 Å². The van der Waals surface area contributed by atoms with Crippen molar-refractivity contribution < 1.29 is 14.3 Å². The van der Waals surface area contributed by atoms with E-state index in [0.29, 0.717) is 25.3 Å². The van der Waals surface area contributed by atoms with E-state index < -0.39 is 0 Å². The number of urea groups is 1. The Morgan fingerprint density at radius 1 is 1.11 bits per heavy atom. The number of amides is 3. The number of carbonyl (C=O) groups excluding carboxylic acids is 2. The van der Waals surface area contributed by atoms with Gasteiger partial charge in [-0.2, -0.15) is 0 Å². The number of hydrogen-bond acceptors (Lipinski definition) is 3. The Morgan fingerprint density at radius 3 is 2.59 bits per heavy atom. The summed E-state index contributed by atoms with van der Waals surface area (Å²) in [5.74, 6) is 0.923. The Kier molecular flexibility index (Phi) is 5.96. The van der Waals surface area contributed by atoms with Gasteiger partial charge in [0.25, 0.3) is 0 Å². The predicted octanol–water partition coefficient (Wildman–Crippen LogP) is 3.71. The van der Waals surface area contributed by atoms with Crippen molar-refractivity contribution >= 4 is 23.3 Å². The molecule has 1 heterocycles. The molecule has 2 aromatic carbocycles. The van der Waals surface area contributed by atoms with E-state index in [0.717, 1.165) is 35.5 Å². The third-order valence-electron chi connectivity index (χ3n) is 4.52. The summed E-state index contributed by atoms with van der Waals surface area (Å²) in [6, 6.07) is 13.0. The van der Waals surface area contributed by atoms with Crippen molar-refractivity contribution in [1.29, 1.82) is 0 Å². The molecule has 0 saturated carbocycles. The highest BCUT2D eigenvalue weighted by atomic mass is 16.5. The molecule has 0 unspecified atom stereocenters. The number of nitrogens with one attached hydrogen (secondary N) is 2. The highest BCUT2D eigenvalue weighted by Crippen LogP contribution is 2.29. The van der Waals surface area contributed by atoms with Crippen molar-refractivity contribution in [3.8, 4) is 5.75 Å². The molecule has 0 atom stereocenters. The normalized spacial score (nSPS) is 12.4. The van der Waals surface area contributed by atoms with Crippen LogP contribution in [0.5, 0.6) is 5.75 Å². The highest BCUT2D eigenvalue weighted by molar-refractivity contribution is 5.95. The fourth-order valence-corrected chi connectivity index (χ4v) is 3.17. The fraction of sp³-hybridized carbons (Fsp3) is 0.333. The molecule has 0 spiro atoms. The van der Waals surface area contributed by atoms with E-state index in [1.54, 1.807) is 12.1 Å². The van der Waals surface area contributed by atoms with E-state index in [4.69, 9.17) is 4.74 Å². The van der Waals surface area contributed by atoms with Crippen LogP contribution in [0.2, 0.25) is 0 Å². The Balaban J connectivity index is 1.54. The molecule has 0 aliphatic carbocycles. The molecule has 6 heteroatoms. The van der Waals surface area contributed by atoms with Crippen LogP contribution in [0.1, 0.15) is 31.4 Å². The lowest BCUT2D eigenvalue weighted by atomic mass is 10.1. The minimum atomic E-state index is -0.262. The molecule has 27 heavy (non-hydrogen) atoms. The van der Waals surface area contributed by atoms with Crippen LogP contribution in [-0.2, 0) is 17.8 Å². The summed E-state index contributed by atoms with van der Waals surface area (Å²) in [6.45, 7) is 5.58. The maximum atomic E-state index is 12.1. The zero-order valence-electron chi connectivity index (χ0n) is 15.7. The minimum Gasteiger partial charge on any atom is -0.494 e. The maximum Gasteiger partial charge on any atom is 0.319 e. The SMILES string of the molecule is CCOc1ccc(NC(=O)NCc2ccc3c(c2)CCN3C(=O)CC)cc1. The number of anilines is 2. The van der Waals surface area contributed by atoms with Gasteiger partial charge in [-0.05, 0) is 54.8 Å². The van der Waals surface area contributed by atoms with Gasteiger partial charge in [0.15, 0.2) is 0 Å². The number of nitrogens with zero attached hydrogens (tertiary/aromatic N) is 1. The first kappa shape index (κ1) is 18.8. The van der Waals surface area contributed by atoms with Crippen LogP contribution >= 0.6 is 0 Å². The molecule has 0 aromatic heterocycles. The number of ether oxygens (including phenoxy) is 1. The average Bonchev–Trinajstić information content (AvgIpc) is 3.11. The minimum absolute atomic E-state index is 0.148.